The number of carbonyl (C=O) groups excluding carboxylic acids is 1. The van der Waals surface area contributed by atoms with Crippen LogP contribution in [0.3, 0.4) is 0 Å². The minimum Gasteiger partial charge on any atom is -0.368 e. The molecule has 2 aliphatic rings. The first kappa shape index (κ1) is 20.2. The molecule has 1 saturated heterocycles. The van der Waals surface area contributed by atoms with Crippen molar-refractivity contribution in [3.05, 3.63) is 59.7 Å². The Morgan fingerprint density at radius 2 is 2.00 bits per heavy atom. The molecule has 162 valence electrons. The largest absolute Gasteiger partial charge is 0.368 e. The topological polar surface area (TPSA) is 72.3 Å². The SMILES string of the molecule is O=C(NCCc1nnc2n1CCN(Cc1cccc3ccccc13)CC2)[C@@H]1CCCO1. The van der Waals surface area contributed by atoms with Crippen LogP contribution in [0.15, 0.2) is 42.5 Å². The van der Waals surface area contributed by atoms with Crippen molar-refractivity contribution in [1.29, 1.82) is 0 Å². The third-order valence-corrected chi connectivity index (χ3v) is 6.34. The van der Waals surface area contributed by atoms with Crippen LogP contribution in [0.1, 0.15) is 30.1 Å². The van der Waals surface area contributed by atoms with E-state index in [0.717, 1.165) is 57.1 Å². The molecule has 1 amide bonds. The van der Waals surface area contributed by atoms with E-state index in [-0.39, 0.29) is 12.0 Å². The zero-order valence-corrected chi connectivity index (χ0v) is 17.8. The number of nitrogens with zero attached hydrogens (tertiary/aromatic N) is 4. The van der Waals surface area contributed by atoms with E-state index in [9.17, 15) is 4.79 Å². The van der Waals surface area contributed by atoms with Gasteiger partial charge in [-0.2, -0.15) is 0 Å². The van der Waals surface area contributed by atoms with Gasteiger partial charge in [0.05, 0.1) is 0 Å². The Kier molecular flexibility index (Phi) is 5.95. The zero-order valence-electron chi connectivity index (χ0n) is 17.8. The summed E-state index contributed by atoms with van der Waals surface area (Å²) in [5.74, 6) is 1.99. The van der Waals surface area contributed by atoms with Gasteiger partial charge in [-0.15, -0.1) is 10.2 Å². The number of fused-ring (bicyclic) bond motifs is 2. The predicted octanol–water partition coefficient (Wildman–Crippen LogP) is 2.33. The van der Waals surface area contributed by atoms with Gasteiger partial charge in [0.1, 0.15) is 17.8 Å². The summed E-state index contributed by atoms with van der Waals surface area (Å²) < 4.78 is 7.68. The van der Waals surface area contributed by atoms with E-state index in [1.54, 1.807) is 0 Å². The van der Waals surface area contributed by atoms with Crippen molar-refractivity contribution in [3.63, 3.8) is 0 Å². The quantitative estimate of drug-likeness (QED) is 0.664. The van der Waals surface area contributed by atoms with Crippen LogP contribution in [0.25, 0.3) is 10.8 Å². The van der Waals surface area contributed by atoms with Gasteiger partial charge in [0.15, 0.2) is 0 Å². The number of nitrogens with one attached hydrogen (secondary N) is 1. The smallest absolute Gasteiger partial charge is 0.249 e. The van der Waals surface area contributed by atoms with Crippen molar-refractivity contribution in [2.45, 2.75) is 44.9 Å². The maximum Gasteiger partial charge on any atom is 0.249 e. The number of hydrogen-bond acceptors (Lipinski definition) is 5. The van der Waals surface area contributed by atoms with Crippen molar-refractivity contribution in [1.82, 2.24) is 25.0 Å². The first-order valence-corrected chi connectivity index (χ1v) is 11.3. The molecule has 3 aromatic rings. The zero-order chi connectivity index (χ0) is 21.0. The highest BCUT2D eigenvalue weighted by Crippen LogP contribution is 2.21. The second-order valence-corrected chi connectivity index (χ2v) is 8.39. The Morgan fingerprint density at radius 3 is 2.90 bits per heavy atom. The molecule has 1 aromatic heterocycles. The molecule has 0 spiro atoms. The average Bonchev–Trinajstić information content (AvgIpc) is 3.42. The van der Waals surface area contributed by atoms with Crippen LogP contribution < -0.4 is 5.32 Å². The fourth-order valence-corrected chi connectivity index (χ4v) is 4.64. The molecule has 0 saturated carbocycles. The second-order valence-electron chi connectivity index (χ2n) is 8.39. The predicted molar refractivity (Wildman–Crippen MR) is 119 cm³/mol. The summed E-state index contributed by atoms with van der Waals surface area (Å²) >= 11 is 0. The Bertz CT molecular complexity index is 1050. The first-order chi connectivity index (χ1) is 15.3. The van der Waals surface area contributed by atoms with Gasteiger partial charge in [0, 0.05) is 52.2 Å². The molecular formula is C24H29N5O2. The summed E-state index contributed by atoms with van der Waals surface area (Å²) in [5, 5.41) is 14.4. The summed E-state index contributed by atoms with van der Waals surface area (Å²) in [5.41, 5.74) is 1.37. The van der Waals surface area contributed by atoms with E-state index in [1.807, 2.05) is 0 Å². The molecule has 3 heterocycles. The molecule has 7 nitrogen and oxygen atoms in total. The van der Waals surface area contributed by atoms with Crippen LogP contribution in [0.4, 0.5) is 0 Å². The molecule has 1 atom stereocenters. The van der Waals surface area contributed by atoms with Crippen LogP contribution in [-0.2, 0) is 35.5 Å². The van der Waals surface area contributed by atoms with E-state index in [1.165, 1.54) is 16.3 Å². The van der Waals surface area contributed by atoms with E-state index in [4.69, 9.17) is 4.74 Å². The lowest BCUT2D eigenvalue weighted by atomic mass is 10.0. The van der Waals surface area contributed by atoms with Gasteiger partial charge in [-0.3, -0.25) is 9.69 Å². The highest BCUT2D eigenvalue weighted by atomic mass is 16.5. The lowest BCUT2D eigenvalue weighted by molar-refractivity contribution is -0.130. The summed E-state index contributed by atoms with van der Waals surface area (Å²) in [7, 11) is 0. The third kappa shape index (κ3) is 4.48. The monoisotopic (exact) mass is 419 g/mol. The van der Waals surface area contributed by atoms with E-state index < -0.39 is 0 Å². The molecule has 1 fully saturated rings. The van der Waals surface area contributed by atoms with Crippen molar-refractivity contribution in [2.24, 2.45) is 0 Å². The number of amides is 1. The van der Waals surface area contributed by atoms with Gasteiger partial charge < -0.3 is 14.6 Å². The number of rotatable bonds is 6. The first-order valence-electron chi connectivity index (χ1n) is 11.3. The van der Waals surface area contributed by atoms with E-state index >= 15 is 0 Å². The molecular weight excluding hydrogens is 390 g/mol. The fraction of sp³-hybridized carbons (Fsp3) is 0.458. The molecule has 7 heteroatoms. The Morgan fingerprint density at radius 1 is 1.10 bits per heavy atom. The number of hydrogen-bond donors (Lipinski definition) is 1. The van der Waals surface area contributed by atoms with Gasteiger partial charge in [-0.05, 0) is 29.2 Å². The Balaban J connectivity index is 1.19. The van der Waals surface area contributed by atoms with Crippen LogP contribution in [0, 0.1) is 0 Å². The highest BCUT2D eigenvalue weighted by Gasteiger charge is 2.23. The van der Waals surface area contributed by atoms with Gasteiger partial charge in [0.25, 0.3) is 0 Å². The number of ether oxygens (including phenoxy) is 1. The average molecular weight is 420 g/mol. The minimum atomic E-state index is -0.279. The number of aromatic nitrogens is 3. The van der Waals surface area contributed by atoms with Crippen LogP contribution in [0.2, 0.25) is 0 Å². The van der Waals surface area contributed by atoms with Crippen LogP contribution in [0.5, 0.6) is 0 Å². The molecule has 31 heavy (non-hydrogen) atoms. The lowest BCUT2D eigenvalue weighted by Gasteiger charge is -2.20. The van der Waals surface area contributed by atoms with Crippen molar-refractivity contribution in [3.8, 4) is 0 Å². The molecule has 0 aliphatic carbocycles. The third-order valence-electron chi connectivity index (χ3n) is 6.34. The van der Waals surface area contributed by atoms with Crippen molar-refractivity contribution >= 4 is 16.7 Å². The van der Waals surface area contributed by atoms with Crippen molar-refractivity contribution in [2.75, 3.05) is 26.2 Å². The molecule has 0 bridgehead atoms. The fourth-order valence-electron chi connectivity index (χ4n) is 4.64. The van der Waals surface area contributed by atoms with Crippen LogP contribution >= 0.6 is 0 Å². The van der Waals surface area contributed by atoms with Gasteiger partial charge in [-0.25, -0.2) is 0 Å². The Hall–Kier alpha value is -2.77. The van der Waals surface area contributed by atoms with Gasteiger partial charge in [0.2, 0.25) is 5.91 Å². The molecule has 2 aromatic carbocycles. The number of benzene rings is 2. The summed E-state index contributed by atoms with van der Waals surface area (Å²) in [4.78, 5) is 14.6. The molecule has 2 aliphatic heterocycles. The van der Waals surface area contributed by atoms with E-state index in [0.29, 0.717) is 19.6 Å². The molecule has 0 radical (unpaired) electrons. The van der Waals surface area contributed by atoms with E-state index in [2.05, 4.69) is 67.4 Å². The maximum absolute atomic E-state index is 12.1. The highest BCUT2D eigenvalue weighted by molar-refractivity contribution is 5.85. The summed E-state index contributed by atoms with van der Waals surface area (Å²) in [6.45, 7) is 5.00. The van der Waals surface area contributed by atoms with Gasteiger partial charge in [-0.1, -0.05) is 42.5 Å². The lowest BCUT2D eigenvalue weighted by Crippen LogP contribution is -2.35. The maximum atomic E-state index is 12.1. The normalized spacial score (nSPS) is 19.3. The summed E-state index contributed by atoms with van der Waals surface area (Å²) in [6, 6.07) is 15.1. The second kappa shape index (κ2) is 9.16. The Labute approximate surface area is 182 Å². The molecule has 0 unspecified atom stereocenters. The molecule has 5 rings (SSSR count). The summed E-state index contributed by atoms with van der Waals surface area (Å²) in [6.07, 6.45) is 3.08. The van der Waals surface area contributed by atoms with Crippen LogP contribution in [-0.4, -0.2) is 57.9 Å². The minimum absolute atomic E-state index is 0.00521. The van der Waals surface area contributed by atoms with Crippen molar-refractivity contribution < 1.29 is 9.53 Å². The standard InChI is InChI=1S/C24H29N5O2/c30-24(21-9-4-16-31-21)25-12-10-22-26-27-23-11-13-28(14-15-29(22)23)17-19-7-3-6-18-5-1-2-8-20(18)19/h1-3,5-8,21H,4,9-17H2,(H,25,30)/t21-/m0/s1. The van der Waals surface area contributed by atoms with Gasteiger partial charge >= 0.3 is 0 Å². The molecule has 1 N–H and O–H groups in total. The number of carbonyl (C=O) groups is 1.